The SMILES string of the molecule is O=C(C[C@@H]1Sc2ccccc2NC1=O)NCCc1cccs1. The van der Waals surface area contributed by atoms with Crippen molar-refractivity contribution in [3.8, 4) is 0 Å². The molecule has 0 unspecified atom stereocenters. The second-order valence-corrected chi connectivity index (χ2v) is 7.25. The fourth-order valence-corrected chi connectivity index (χ4v) is 4.07. The average Bonchev–Trinajstić information content (AvgIpc) is 3.01. The highest BCUT2D eigenvalue weighted by molar-refractivity contribution is 8.01. The maximum absolute atomic E-state index is 12.0. The largest absolute Gasteiger partial charge is 0.356 e. The Bertz CT molecular complexity index is 671. The number of hydrogen-bond donors (Lipinski definition) is 2. The normalized spacial score (nSPS) is 16.7. The van der Waals surface area contributed by atoms with Crippen molar-refractivity contribution in [2.24, 2.45) is 0 Å². The number of amides is 2. The first kappa shape index (κ1) is 15.1. The molecule has 2 amide bonds. The van der Waals surface area contributed by atoms with E-state index >= 15 is 0 Å². The van der Waals surface area contributed by atoms with E-state index in [2.05, 4.69) is 16.7 Å². The zero-order chi connectivity index (χ0) is 15.4. The van der Waals surface area contributed by atoms with E-state index in [1.807, 2.05) is 35.7 Å². The third kappa shape index (κ3) is 3.69. The molecule has 22 heavy (non-hydrogen) atoms. The quantitative estimate of drug-likeness (QED) is 0.885. The van der Waals surface area contributed by atoms with Crippen LogP contribution in [0.15, 0.2) is 46.7 Å². The average molecular weight is 332 g/mol. The molecule has 0 bridgehead atoms. The predicted octanol–water partition coefficient (Wildman–Crippen LogP) is 2.91. The van der Waals surface area contributed by atoms with Crippen LogP contribution in [-0.2, 0) is 16.0 Å². The van der Waals surface area contributed by atoms with Crippen molar-refractivity contribution in [2.45, 2.75) is 23.0 Å². The van der Waals surface area contributed by atoms with Gasteiger partial charge in [0, 0.05) is 22.7 Å². The number of carbonyl (C=O) groups is 2. The molecule has 1 aromatic heterocycles. The van der Waals surface area contributed by atoms with Gasteiger partial charge in [0.15, 0.2) is 0 Å². The number of para-hydroxylation sites is 1. The molecule has 4 nitrogen and oxygen atoms in total. The first-order chi connectivity index (χ1) is 10.7. The van der Waals surface area contributed by atoms with E-state index in [1.165, 1.54) is 16.6 Å². The summed E-state index contributed by atoms with van der Waals surface area (Å²) < 4.78 is 0. The molecule has 0 aliphatic carbocycles. The molecule has 1 atom stereocenters. The highest BCUT2D eigenvalue weighted by Crippen LogP contribution is 2.36. The lowest BCUT2D eigenvalue weighted by Gasteiger charge is -2.23. The number of fused-ring (bicyclic) bond motifs is 1. The van der Waals surface area contributed by atoms with E-state index < -0.39 is 0 Å². The highest BCUT2D eigenvalue weighted by Gasteiger charge is 2.28. The lowest BCUT2D eigenvalue weighted by atomic mass is 10.2. The Morgan fingerprint density at radius 1 is 1.23 bits per heavy atom. The van der Waals surface area contributed by atoms with Gasteiger partial charge in [-0.2, -0.15) is 0 Å². The van der Waals surface area contributed by atoms with Crippen LogP contribution in [0.3, 0.4) is 0 Å². The zero-order valence-electron chi connectivity index (χ0n) is 11.9. The molecule has 0 radical (unpaired) electrons. The molecule has 114 valence electrons. The predicted molar refractivity (Wildman–Crippen MR) is 90.4 cm³/mol. The Morgan fingerprint density at radius 2 is 2.09 bits per heavy atom. The monoisotopic (exact) mass is 332 g/mol. The first-order valence-corrected chi connectivity index (χ1v) is 8.84. The van der Waals surface area contributed by atoms with Crippen LogP contribution in [-0.4, -0.2) is 23.6 Å². The van der Waals surface area contributed by atoms with E-state index in [9.17, 15) is 9.59 Å². The minimum Gasteiger partial charge on any atom is -0.356 e. The Kier molecular flexibility index (Phi) is 4.80. The van der Waals surface area contributed by atoms with Crippen LogP contribution < -0.4 is 10.6 Å². The van der Waals surface area contributed by atoms with Crippen LogP contribution in [0.5, 0.6) is 0 Å². The molecule has 1 aliphatic heterocycles. The van der Waals surface area contributed by atoms with Crippen LogP contribution in [0, 0.1) is 0 Å². The van der Waals surface area contributed by atoms with Gasteiger partial charge in [0.05, 0.1) is 10.9 Å². The van der Waals surface area contributed by atoms with Crippen molar-refractivity contribution in [1.29, 1.82) is 0 Å². The minimum absolute atomic E-state index is 0.0800. The number of thiophene rings is 1. The van der Waals surface area contributed by atoms with Gasteiger partial charge < -0.3 is 10.6 Å². The summed E-state index contributed by atoms with van der Waals surface area (Å²) in [6.07, 6.45) is 1.03. The number of thioether (sulfide) groups is 1. The number of nitrogens with one attached hydrogen (secondary N) is 2. The molecular formula is C16H16N2O2S2. The van der Waals surface area contributed by atoms with Gasteiger partial charge in [-0.05, 0) is 30.0 Å². The maximum atomic E-state index is 12.0. The number of carbonyl (C=O) groups excluding carboxylic acids is 2. The number of hydrogen-bond acceptors (Lipinski definition) is 4. The lowest BCUT2D eigenvalue weighted by molar-refractivity contribution is -0.124. The number of anilines is 1. The van der Waals surface area contributed by atoms with E-state index in [0.717, 1.165) is 17.0 Å². The minimum atomic E-state index is -0.364. The Morgan fingerprint density at radius 3 is 2.91 bits per heavy atom. The molecule has 6 heteroatoms. The molecule has 0 fully saturated rings. The lowest BCUT2D eigenvalue weighted by Crippen LogP contribution is -2.35. The van der Waals surface area contributed by atoms with Crippen LogP contribution in [0.25, 0.3) is 0 Å². The molecule has 1 aromatic carbocycles. The van der Waals surface area contributed by atoms with Crippen LogP contribution in [0.2, 0.25) is 0 Å². The van der Waals surface area contributed by atoms with Gasteiger partial charge in [-0.25, -0.2) is 0 Å². The number of benzene rings is 1. The molecular weight excluding hydrogens is 316 g/mol. The van der Waals surface area contributed by atoms with Crippen molar-refractivity contribution in [3.63, 3.8) is 0 Å². The van der Waals surface area contributed by atoms with E-state index in [4.69, 9.17) is 0 Å². The van der Waals surface area contributed by atoms with E-state index in [0.29, 0.717) is 6.54 Å². The summed E-state index contributed by atoms with van der Waals surface area (Å²) in [7, 11) is 0. The summed E-state index contributed by atoms with van der Waals surface area (Å²) in [5.41, 5.74) is 0.826. The Hall–Kier alpha value is -1.79. The topological polar surface area (TPSA) is 58.2 Å². The molecule has 0 saturated heterocycles. The standard InChI is InChI=1S/C16H16N2O2S2/c19-15(17-8-7-11-4-3-9-21-11)10-14-16(20)18-12-5-1-2-6-13(12)22-14/h1-6,9,14H,7-8,10H2,(H,17,19)(H,18,20)/t14-/m0/s1. The van der Waals surface area contributed by atoms with E-state index in [1.54, 1.807) is 11.3 Å². The Balaban J connectivity index is 1.50. The van der Waals surface area contributed by atoms with Crippen LogP contribution in [0.1, 0.15) is 11.3 Å². The van der Waals surface area contributed by atoms with Crippen LogP contribution in [0.4, 0.5) is 5.69 Å². The van der Waals surface area contributed by atoms with E-state index in [-0.39, 0.29) is 23.5 Å². The third-order valence-corrected chi connectivity index (χ3v) is 5.56. The van der Waals surface area contributed by atoms with Crippen molar-refractivity contribution in [3.05, 3.63) is 46.7 Å². The van der Waals surface area contributed by atoms with Crippen molar-refractivity contribution >= 4 is 40.6 Å². The zero-order valence-corrected chi connectivity index (χ0v) is 13.5. The van der Waals surface area contributed by atoms with Gasteiger partial charge >= 0.3 is 0 Å². The Labute approximate surface area is 137 Å². The second kappa shape index (κ2) is 6.98. The molecule has 3 rings (SSSR count). The number of rotatable bonds is 5. The van der Waals surface area contributed by atoms with Crippen molar-refractivity contribution in [1.82, 2.24) is 5.32 Å². The molecule has 2 N–H and O–H groups in total. The summed E-state index contributed by atoms with van der Waals surface area (Å²) in [6, 6.07) is 11.7. The molecule has 0 saturated carbocycles. The molecule has 2 heterocycles. The summed E-state index contributed by atoms with van der Waals surface area (Å²) >= 11 is 3.14. The third-order valence-electron chi connectivity index (χ3n) is 3.35. The molecule has 0 spiro atoms. The van der Waals surface area contributed by atoms with Gasteiger partial charge in [0.2, 0.25) is 11.8 Å². The fraction of sp³-hybridized carbons (Fsp3) is 0.250. The van der Waals surface area contributed by atoms with Crippen molar-refractivity contribution in [2.75, 3.05) is 11.9 Å². The smallest absolute Gasteiger partial charge is 0.238 e. The summed E-state index contributed by atoms with van der Waals surface area (Å²) in [4.78, 5) is 26.3. The maximum Gasteiger partial charge on any atom is 0.238 e. The summed E-state index contributed by atoms with van der Waals surface area (Å²) in [5, 5.41) is 7.40. The van der Waals surface area contributed by atoms with Gasteiger partial charge in [-0.1, -0.05) is 18.2 Å². The highest BCUT2D eigenvalue weighted by atomic mass is 32.2. The van der Waals surface area contributed by atoms with Gasteiger partial charge in [-0.3, -0.25) is 9.59 Å². The fourth-order valence-electron chi connectivity index (χ4n) is 2.25. The van der Waals surface area contributed by atoms with Crippen molar-refractivity contribution < 1.29 is 9.59 Å². The first-order valence-electron chi connectivity index (χ1n) is 7.08. The molecule has 2 aromatic rings. The van der Waals surface area contributed by atoms with Gasteiger partial charge in [-0.15, -0.1) is 23.1 Å². The van der Waals surface area contributed by atoms with Gasteiger partial charge in [0.1, 0.15) is 0 Å². The molecule has 1 aliphatic rings. The van der Waals surface area contributed by atoms with Crippen LogP contribution >= 0.6 is 23.1 Å². The second-order valence-electron chi connectivity index (χ2n) is 4.98. The summed E-state index contributed by atoms with van der Waals surface area (Å²) in [5.74, 6) is -0.180. The summed E-state index contributed by atoms with van der Waals surface area (Å²) in [6.45, 7) is 0.606. The van der Waals surface area contributed by atoms with Gasteiger partial charge in [0.25, 0.3) is 0 Å².